The molecule has 3 aromatic heterocycles. The van der Waals surface area contributed by atoms with Gasteiger partial charge in [0.05, 0.1) is 17.6 Å². The van der Waals surface area contributed by atoms with Gasteiger partial charge in [-0.15, -0.1) is 0 Å². The predicted molar refractivity (Wildman–Crippen MR) is 128 cm³/mol. The third kappa shape index (κ3) is 4.04. The summed E-state index contributed by atoms with van der Waals surface area (Å²) in [5.74, 6) is -0.207. The van der Waals surface area contributed by atoms with E-state index in [0.29, 0.717) is 29.5 Å². The van der Waals surface area contributed by atoms with Crippen LogP contribution in [0.25, 0.3) is 22.2 Å². The van der Waals surface area contributed by atoms with Crippen LogP contribution in [0.1, 0.15) is 25.1 Å². The predicted octanol–water partition coefficient (Wildman–Crippen LogP) is 4.70. The molecule has 1 aliphatic heterocycles. The molecule has 2 atom stereocenters. The number of hydrogen-bond donors (Lipinski definition) is 0. The van der Waals surface area contributed by atoms with E-state index < -0.39 is 28.7 Å². The Morgan fingerprint density at radius 3 is 2.47 bits per heavy atom. The number of pyridine rings is 1. The summed E-state index contributed by atoms with van der Waals surface area (Å²) < 4.78 is 52.5. The summed E-state index contributed by atoms with van der Waals surface area (Å²) in [7, 11) is 1.89. The summed E-state index contributed by atoms with van der Waals surface area (Å²) in [5.41, 5.74) is -1.02. The molecule has 7 nitrogen and oxygen atoms in total. The average molecular weight is 495 g/mol. The topological polar surface area (TPSA) is 69.0 Å². The highest BCUT2D eigenvalue weighted by molar-refractivity contribution is 5.92. The van der Waals surface area contributed by atoms with Gasteiger partial charge >= 0.3 is 6.01 Å². The monoisotopic (exact) mass is 494 g/mol. The highest BCUT2D eigenvalue weighted by Gasteiger charge is 2.35. The molecule has 2 unspecified atom stereocenters. The van der Waals surface area contributed by atoms with Crippen molar-refractivity contribution < 1.29 is 17.9 Å². The largest absolute Gasteiger partial charge is 0.463 e. The fourth-order valence-electron chi connectivity index (χ4n) is 5.48. The second-order valence-electron chi connectivity index (χ2n) is 9.61. The van der Waals surface area contributed by atoms with Crippen molar-refractivity contribution in [1.82, 2.24) is 24.5 Å². The Hall–Kier alpha value is -3.69. The van der Waals surface area contributed by atoms with Gasteiger partial charge in [0.15, 0.2) is 5.82 Å². The van der Waals surface area contributed by atoms with Crippen molar-refractivity contribution >= 4 is 16.7 Å². The molecule has 10 heteroatoms. The Kier molecular flexibility index (Phi) is 5.73. The smallest absolute Gasteiger partial charge is 0.319 e. The maximum atomic E-state index is 15.8. The van der Waals surface area contributed by atoms with Crippen LogP contribution >= 0.6 is 0 Å². The molecule has 2 aliphatic rings. The lowest BCUT2D eigenvalue weighted by atomic mass is 9.98. The number of anilines is 1. The van der Waals surface area contributed by atoms with Crippen molar-refractivity contribution in [2.45, 2.75) is 25.7 Å². The van der Waals surface area contributed by atoms with Crippen LogP contribution in [0.3, 0.4) is 0 Å². The molecule has 4 aromatic rings. The summed E-state index contributed by atoms with van der Waals surface area (Å²) in [4.78, 5) is 19.5. The SMILES string of the molecule is Cn1ccnc1CCOc1nc(N2CC3CCC(C3)C2)c2cnc(-c3c(F)cccc3F)c(F)c2n1. The first-order chi connectivity index (χ1) is 17.5. The van der Waals surface area contributed by atoms with Crippen LogP contribution in [0, 0.1) is 29.3 Å². The van der Waals surface area contributed by atoms with E-state index in [1.54, 1.807) is 6.20 Å². The summed E-state index contributed by atoms with van der Waals surface area (Å²) in [6.45, 7) is 1.85. The molecule has 2 fully saturated rings. The average Bonchev–Trinajstić information content (AvgIpc) is 3.43. The van der Waals surface area contributed by atoms with Crippen LogP contribution in [0.2, 0.25) is 0 Å². The van der Waals surface area contributed by atoms with E-state index >= 15 is 4.39 Å². The minimum atomic E-state index is -0.908. The van der Waals surface area contributed by atoms with Gasteiger partial charge in [-0.25, -0.2) is 18.2 Å². The number of benzene rings is 1. The standard InChI is InChI=1S/C26H25F3N6O/c1-34-9-8-30-20(34)7-10-36-26-32-23-17(25(33-26)35-13-15-5-6-16(11-15)14-35)12-31-24(22(23)29)21-18(27)3-2-4-19(21)28/h2-4,8-9,12,15-16H,5-7,10-11,13-14H2,1H3. The quantitative estimate of drug-likeness (QED) is 0.387. The van der Waals surface area contributed by atoms with E-state index in [1.165, 1.54) is 31.5 Å². The van der Waals surface area contributed by atoms with Gasteiger partial charge in [0, 0.05) is 45.1 Å². The first-order valence-corrected chi connectivity index (χ1v) is 12.1. The Morgan fingerprint density at radius 1 is 1.03 bits per heavy atom. The Balaban J connectivity index is 1.42. The zero-order chi connectivity index (χ0) is 24.8. The zero-order valence-electron chi connectivity index (χ0n) is 19.8. The summed E-state index contributed by atoms with van der Waals surface area (Å²) in [6, 6.07) is 3.39. The van der Waals surface area contributed by atoms with Gasteiger partial charge in [-0.05, 0) is 43.2 Å². The molecule has 2 bridgehead atoms. The number of rotatable bonds is 6. The third-order valence-electron chi connectivity index (χ3n) is 7.23. The first-order valence-electron chi connectivity index (χ1n) is 12.1. The number of hydrogen-bond acceptors (Lipinski definition) is 6. The molecule has 1 saturated heterocycles. The molecule has 1 saturated carbocycles. The second-order valence-corrected chi connectivity index (χ2v) is 9.61. The van der Waals surface area contributed by atoms with E-state index in [-0.39, 0.29) is 18.1 Å². The van der Waals surface area contributed by atoms with Crippen molar-refractivity contribution in [2.24, 2.45) is 18.9 Å². The van der Waals surface area contributed by atoms with E-state index in [9.17, 15) is 8.78 Å². The summed E-state index contributed by atoms with van der Waals surface area (Å²) in [5, 5.41) is 0.394. The van der Waals surface area contributed by atoms with Crippen LogP contribution in [-0.2, 0) is 13.5 Å². The maximum absolute atomic E-state index is 15.8. The van der Waals surface area contributed by atoms with Gasteiger partial charge in [-0.3, -0.25) is 4.98 Å². The molecule has 0 N–H and O–H groups in total. The van der Waals surface area contributed by atoms with Gasteiger partial charge in [0.1, 0.15) is 34.5 Å². The first kappa shape index (κ1) is 22.8. The van der Waals surface area contributed by atoms with Gasteiger partial charge in [0.25, 0.3) is 0 Å². The lowest BCUT2D eigenvalue weighted by Crippen LogP contribution is -2.37. The van der Waals surface area contributed by atoms with Crippen LogP contribution in [0.15, 0.2) is 36.8 Å². The van der Waals surface area contributed by atoms with Crippen molar-refractivity contribution in [3.63, 3.8) is 0 Å². The number of nitrogens with zero attached hydrogens (tertiary/aromatic N) is 6. The number of halogens is 3. The fourth-order valence-corrected chi connectivity index (χ4v) is 5.48. The highest BCUT2D eigenvalue weighted by Crippen LogP contribution is 2.40. The number of aromatic nitrogens is 5. The van der Waals surface area contributed by atoms with Crippen LogP contribution in [0.4, 0.5) is 19.0 Å². The van der Waals surface area contributed by atoms with Crippen LogP contribution in [0.5, 0.6) is 6.01 Å². The van der Waals surface area contributed by atoms with E-state index in [2.05, 4.69) is 24.8 Å². The fraction of sp³-hybridized carbons (Fsp3) is 0.385. The number of ether oxygens (including phenoxy) is 1. The van der Waals surface area contributed by atoms with Crippen LogP contribution < -0.4 is 9.64 Å². The van der Waals surface area contributed by atoms with Crippen LogP contribution in [-0.4, -0.2) is 44.2 Å². The molecule has 1 aromatic carbocycles. The Labute approximate surface area is 206 Å². The molecule has 4 heterocycles. The molecular weight excluding hydrogens is 469 g/mol. The molecule has 0 radical (unpaired) electrons. The minimum Gasteiger partial charge on any atom is -0.463 e. The third-order valence-corrected chi connectivity index (χ3v) is 7.23. The van der Waals surface area contributed by atoms with Crippen molar-refractivity contribution in [2.75, 3.05) is 24.6 Å². The zero-order valence-corrected chi connectivity index (χ0v) is 19.8. The second kappa shape index (κ2) is 9.07. The van der Waals surface area contributed by atoms with Gasteiger partial charge in [0.2, 0.25) is 0 Å². The molecule has 36 heavy (non-hydrogen) atoms. The van der Waals surface area contributed by atoms with E-state index in [4.69, 9.17) is 4.74 Å². The Bertz CT molecular complexity index is 1410. The molecular formula is C26H25F3N6O. The van der Waals surface area contributed by atoms with Crippen molar-refractivity contribution in [1.29, 1.82) is 0 Å². The Morgan fingerprint density at radius 2 is 1.78 bits per heavy atom. The summed E-state index contributed by atoms with van der Waals surface area (Å²) in [6.07, 6.45) is 8.99. The molecule has 1 aliphatic carbocycles. The van der Waals surface area contributed by atoms with Gasteiger partial charge in [-0.2, -0.15) is 9.97 Å². The van der Waals surface area contributed by atoms with E-state index in [0.717, 1.165) is 31.0 Å². The normalized spacial score (nSPS) is 19.3. The number of aryl methyl sites for hydroxylation is 1. The summed E-state index contributed by atoms with van der Waals surface area (Å²) >= 11 is 0. The molecule has 186 valence electrons. The lowest BCUT2D eigenvalue weighted by Gasteiger charge is -2.33. The maximum Gasteiger partial charge on any atom is 0.319 e. The number of piperidine rings is 1. The molecule has 0 amide bonds. The van der Waals surface area contributed by atoms with Gasteiger partial charge < -0.3 is 14.2 Å². The van der Waals surface area contributed by atoms with Gasteiger partial charge in [-0.1, -0.05) is 6.07 Å². The molecule has 6 rings (SSSR count). The number of fused-ring (bicyclic) bond motifs is 3. The highest BCUT2D eigenvalue weighted by atomic mass is 19.1. The lowest BCUT2D eigenvalue weighted by molar-refractivity contribution is 0.293. The molecule has 0 spiro atoms. The minimum absolute atomic E-state index is 0.00897. The van der Waals surface area contributed by atoms with Crippen molar-refractivity contribution in [3.8, 4) is 17.3 Å². The van der Waals surface area contributed by atoms with Crippen molar-refractivity contribution in [3.05, 3.63) is 60.1 Å². The van der Waals surface area contributed by atoms with E-state index in [1.807, 2.05) is 17.8 Å². The number of imidazole rings is 1.